The number of nitrogens with one attached hydrogen (secondary N) is 1. The highest BCUT2D eigenvalue weighted by Crippen LogP contribution is 2.25. The van der Waals surface area contributed by atoms with Crippen LogP contribution in [0.5, 0.6) is 0 Å². The topological polar surface area (TPSA) is 15.3 Å². The van der Waals surface area contributed by atoms with Gasteiger partial charge in [-0.25, -0.2) is 4.39 Å². The van der Waals surface area contributed by atoms with Crippen molar-refractivity contribution in [2.75, 3.05) is 24.5 Å². The van der Waals surface area contributed by atoms with Crippen molar-refractivity contribution < 1.29 is 4.39 Å². The Morgan fingerprint density at radius 3 is 2.75 bits per heavy atom. The molecule has 1 fully saturated rings. The molecule has 1 unspecified atom stereocenters. The molecule has 20 heavy (non-hydrogen) atoms. The Labute approximate surface area is 119 Å². The molecule has 2 aromatic carbocycles. The molecule has 1 N–H and O–H groups in total. The molecule has 0 amide bonds. The lowest BCUT2D eigenvalue weighted by Gasteiger charge is -2.35. The first-order valence-electron chi connectivity index (χ1n) is 7.03. The summed E-state index contributed by atoms with van der Waals surface area (Å²) in [5, 5.41) is 3.51. The van der Waals surface area contributed by atoms with E-state index < -0.39 is 0 Å². The van der Waals surface area contributed by atoms with Crippen molar-refractivity contribution >= 4 is 5.69 Å². The molecular formula is C17H19FN2. The SMILES string of the molecule is Cc1ccc(F)c(N2CCNC(c3ccccc3)C2)c1. The largest absolute Gasteiger partial charge is 0.366 e. The van der Waals surface area contributed by atoms with E-state index in [9.17, 15) is 4.39 Å². The van der Waals surface area contributed by atoms with Gasteiger partial charge in [0.05, 0.1) is 5.69 Å². The number of halogens is 1. The zero-order valence-electron chi connectivity index (χ0n) is 11.6. The van der Waals surface area contributed by atoms with Crippen LogP contribution < -0.4 is 10.2 Å². The molecule has 1 atom stereocenters. The molecule has 2 aromatic rings. The number of piperazine rings is 1. The normalized spacial score (nSPS) is 19.1. The van der Waals surface area contributed by atoms with Gasteiger partial charge >= 0.3 is 0 Å². The van der Waals surface area contributed by atoms with Gasteiger partial charge in [-0.15, -0.1) is 0 Å². The van der Waals surface area contributed by atoms with E-state index in [1.807, 2.05) is 37.3 Å². The molecule has 0 aromatic heterocycles. The Bertz CT molecular complexity index is 583. The quantitative estimate of drug-likeness (QED) is 0.901. The predicted molar refractivity (Wildman–Crippen MR) is 80.5 cm³/mol. The molecule has 0 spiro atoms. The molecule has 104 valence electrons. The van der Waals surface area contributed by atoms with Crippen LogP contribution >= 0.6 is 0 Å². The third-order valence-electron chi connectivity index (χ3n) is 3.82. The van der Waals surface area contributed by atoms with Crippen molar-refractivity contribution in [3.05, 3.63) is 65.5 Å². The second-order valence-electron chi connectivity index (χ2n) is 5.32. The first-order valence-corrected chi connectivity index (χ1v) is 7.03. The van der Waals surface area contributed by atoms with Crippen LogP contribution in [-0.4, -0.2) is 19.6 Å². The zero-order chi connectivity index (χ0) is 13.9. The van der Waals surface area contributed by atoms with Gasteiger partial charge in [0, 0.05) is 25.7 Å². The van der Waals surface area contributed by atoms with E-state index in [2.05, 4.69) is 22.3 Å². The predicted octanol–water partition coefficient (Wildman–Crippen LogP) is 3.29. The highest BCUT2D eigenvalue weighted by Gasteiger charge is 2.22. The lowest BCUT2D eigenvalue weighted by atomic mass is 10.0. The molecule has 0 bridgehead atoms. The Morgan fingerprint density at radius 1 is 1.15 bits per heavy atom. The van der Waals surface area contributed by atoms with Gasteiger partial charge in [0.25, 0.3) is 0 Å². The van der Waals surface area contributed by atoms with E-state index in [4.69, 9.17) is 0 Å². The summed E-state index contributed by atoms with van der Waals surface area (Å²) in [5.41, 5.74) is 3.06. The summed E-state index contributed by atoms with van der Waals surface area (Å²) in [5.74, 6) is -0.135. The van der Waals surface area contributed by atoms with E-state index in [0.717, 1.165) is 25.2 Å². The third kappa shape index (κ3) is 2.68. The van der Waals surface area contributed by atoms with E-state index >= 15 is 0 Å². The van der Waals surface area contributed by atoms with Crippen LogP contribution in [0.25, 0.3) is 0 Å². The van der Waals surface area contributed by atoms with Crippen LogP contribution in [0.2, 0.25) is 0 Å². The number of rotatable bonds is 2. The van der Waals surface area contributed by atoms with Gasteiger partial charge in [-0.2, -0.15) is 0 Å². The second-order valence-corrected chi connectivity index (χ2v) is 5.32. The maximum atomic E-state index is 14.0. The molecule has 3 rings (SSSR count). The highest BCUT2D eigenvalue weighted by molar-refractivity contribution is 5.50. The summed E-state index contributed by atoms with van der Waals surface area (Å²) in [6, 6.07) is 15.9. The average molecular weight is 270 g/mol. The minimum Gasteiger partial charge on any atom is -0.366 e. The van der Waals surface area contributed by atoms with E-state index in [1.54, 1.807) is 6.07 Å². The van der Waals surface area contributed by atoms with Crippen LogP contribution in [0.1, 0.15) is 17.2 Å². The number of anilines is 1. The third-order valence-corrected chi connectivity index (χ3v) is 3.82. The van der Waals surface area contributed by atoms with Crippen molar-refractivity contribution in [3.8, 4) is 0 Å². The molecule has 1 aliphatic heterocycles. The van der Waals surface area contributed by atoms with Gasteiger partial charge in [0.1, 0.15) is 5.82 Å². The summed E-state index contributed by atoms with van der Waals surface area (Å²) in [6.07, 6.45) is 0. The van der Waals surface area contributed by atoms with Gasteiger partial charge in [-0.3, -0.25) is 0 Å². The Kier molecular flexibility index (Phi) is 3.70. The van der Waals surface area contributed by atoms with Crippen LogP contribution in [0.4, 0.5) is 10.1 Å². The number of hydrogen-bond donors (Lipinski definition) is 1. The molecule has 3 heteroatoms. The van der Waals surface area contributed by atoms with E-state index in [-0.39, 0.29) is 11.9 Å². The van der Waals surface area contributed by atoms with Gasteiger partial charge in [0.15, 0.2) is 0 Å². The molecule has 0 saturated carbocycles. The Morgan fingerprint density at radius 2 is 1.95 bits per heavy atom. The zero-order valence-corrected chi connectivity index (χ0v) is 11.6. The standard InChI is InChI=1S/C17H19FN2/c1-13-7-8-15(18)17(11-13)20-10-9-19-16(12-20)14-5-3-2-4-6-14/h2-8,11,16,19H,9-10,12H2,1H3. The molecule has 0 aliphatic carbocycles. The van der Waals surface area contributed by atoms with E-state index in [0.29, 0.717) is 5.69 Å². The summed E-state index contributed by atoms with van der Waals surface area (Å²) in [4.78, 5) is 2.14. The maximum absolute atomic E-state index is 14.0. The minimum absolute atomic E-state index is 0.135. The fraction of sp³-hybridized carbons (Fsp3) is 0.294. The van der Waals surface area contributed by atoms with Crippen molar-refractivity contribution in [3.63, 3.8) is 0 Å². The van der Waals surface area contributed by atoms with Crippen molar-refractivity contribution in [2.24, 2.45) is 0 Å². The molecule has 1 saturated heterocycles. The van der Waals surface area contributed by atoms with E-state index in [1.165, 1.54) is 5.56 Å². The van der Waals surface area contributed by atoms with Gasteiger partial charge in [-0.1, -0.05) is 36.4 Å². The van der Waals surface area contributed by atoms with Gasteiger partial charge in [0.2, 0.25) is 0 Å². The van der Waals surface area contributed by atoms with Crippen LogP contribution in [-0.2, 0) is 0 Å². The summed E-state index contributed by atoms with van der Waals surface area (Å²) in [7, 11) is 0. The number of benzene rings is 2. The molecular weight excluding hydrogens is 251 g/mol. The van der Waals surface area contributed by atoms with Crippen molar-refractivity contribution in [1.82, 2.24) is 5.32 Å². The Hall–Kier alpha value is -1.87. The van der Waals surface area contributed by atoms with Gasteiger partial charge < -0.3 is 10.2 Å². The summed E-state index contributed by atoms with van der Waals surface area (Å²) >= 11 is 0. The minimum atomic E-state index is -0.135. The summed E-state index contributed by atoms with van der Waals surface area (Å²) in [6.45, 7) is 4.50. The molecule has 0 radical (unpaired) electrons. The Balaban J connectivity index is 1.83. The van der Waals surface area contributed by atoms with Crippen LogP contribution in [0.3, 0.4) is 0 Å². The number of hydrogen-bond acceptors (Lipinski definition) is 2. The van der Waals surface area contributed by atoms with Crippen LogP contribution in [0, 0.1) is 12.7 Å². The van der Waals surface area contributed by atoms with Crippen LogP contribution in [0.15, 0.2) is 48.5 Å². The smallest absolute Gasteiger partial charge is 0.146 e. The first kappa shape index (κ1) is 13.1. The fourth-order valence-electron chi connectivity index (χ4n) is 2.74. The lowest BCUT2D eigenvalue weighted by molar-refractivity contribution is 0.466. The van der Waals surface area contributed by atoms with Crippen molar-refractivity contribution in [1.29, 1.82) is 0 Å². The van der Waals surface area contributed by atoms with Crippen molar-refractivity contribution in [2.45, 2.75) is 13.0 Å². The lowest BCUT2D eigenvalue weighted by Crippen LogP contribution is -2.46. The van der Waals surface area contributed by atoms with Gasteiger partial charge in [-0.05, 0) is 30.2 Å². The monoisotopic (exact) mass is 270 g/mol. The molecule has 1 aliphatic rings. The molecule has 1 heterocycles. The second kappa shape index (κ2) is 5.63. The number of nitrogens with zero attached hydrogens (tertiary/aromatic N) is 1. The fourth-order valence-corrected chi connectivity index (χ4v) is 2.74. The highest BCUT2D eigenvalue weighted by atomic mass is 19.1. The average Bonchev–Trinajstić information content (AvgIpc) is 2.51. The maximum Gasteiger partial charge on any atom is 0.146 e. The number of aryl methyl sites for hydroxylation is 1. The first-order chi connectivity index (χ1) is 9.74. The summed E-state index contributed by atoms with van der Waals surface area (Å²) < 4.78 is 14.0. The molecule has 2 nitrogen and oxygen atoms in total.